The van der Waals surface area contributed by atoms with Crippen molar-refractivity contribution in [2.45, 2.75) is 13.1 Å². The summed E-state index contributed by atoms with van der Waals surface area (Å²) in [7, 11) is -2.44. The molecule has 0 atom stereocenters. The third kappa shape index (κ3) is 2.41. The summed E-state index contributed by atoms with van der Waals surface area (Å²) in [5, 5.41) is 16.2. The smallest absolute Gasteiger partial charge is 0.423 e. The van der Waals surface area contributed by atoms with E-state index in [2.05, 4.69) is 0 Å². The third-order valence-electron chi connectivity index (χ3n) is 0.917. The Balaban J connectivity index is 4.40. The number of hydrogen-bond donors (Lipinski definition) is 2. The molecule has 0 unspecified atom stereocenters. The van der Waals surface area contributed by atoms with Crippen molar-refractivity contribution in [3.63, 3.8) is 0 Å². The minimum atomic E-state index is -4.65. The molecular formula is C4H6BF3O2. The van der Waals surface area contributed by atoms with Crippen LogP contribution in [0.1, 0.15) is 6.92 Å². The van der Waals surface area contributed by atoms with E-state index in [1.807, 2.05) is 0 Å². The van der Waals surface area contributed by atoms with Crippen LogP contribution in [0.2, 0.25) is 0 Å². The van der Waals surface area contributed by atoms with E-state index < -0.39 is 18.8 Å². The van der Waals surface area contributed by atoms with Crippen molar-refractivity contribution in [2.75, 3.05) is 0 Å². The second-order valence-electron chi connectivity index (χ2n) is 1.62. The van der Waals surface area contributed by atoms with Crippen LogP contribution in [-0.2, 0) is 0 Å². The number of halogens is 3. The lowest BCUT2D eigenvalue weighted by atomic mass is 9.79. The molecule has 0 aliphatic carbocycles. The fraction of sp³-hybridized carbons (Fsp3) is 0.500. The molecule has 0 radical (unpaired) electrons. The van der Waals surface area contributed by atoms with E-state index in [0.717, 1.165) is 6.92 Å². The normalized spacial score (nSPS) is 13.6. The first-order valence-corrected chi connectivity index (χ1v) is 2.49. The number of hydrogen-bond acceptors (Lipinski definition) is 2. The minimum Gasteiger partial charge on any atom is -0.423 e. The van der Waals surface area contributed by atoms with Crippen molar-refractivity contribution < 1.29 is 23.2 Å². The van der Waals surface area contributed by atoms with Gasteiger partial charge in [-0.1, -0.05) is 6.08 Å². The molecule has 0 heterocycles. The second kappa shape index (κ2) is 3.07. The quantitative estimate of drug-likeness (QED) is 0.540. The Morgan fingerprint density at radius 3 is 1.80 bits per heavy atom. The van der Waals surface area contributed by atoms with Gasteiger partial charge in [-0.3, -0.25) is 0 Å². The molecule has 0 rings (SSSR count). The molecule has 0 aliphatic rings. The highest BCUT2D eigenvalue weighted by Gasteiger charge is 2.39. The van der Waals surface area contributed by atoms with Gasteiger partial charge in [0.05, 0.1) is 5.47 Å². The van der Waals surface area contributed by atoms with Crippen LogP contribution >= 0.6 is 0 Å². The highest BCUT2D eigenvalue weighted by molar-refractivity contribution is 6.51. The Hall–Kier alpha value is -0.485. The minimum absolute atomic E-state index is 0.616. The summed E-state index contributed by atoms with van der Waals surface area (Å²) in [6.45, 7) is 1.09. The van der Waals surface area contributed by atoms with Gasteiger partial charge in [0.1, 0.15) is 0 Å². The van der Waals surface area contributed by atoms with Crippen molar-refractivity contribution >= 4 is 7.12 Å². The average Bonchev–Trinajstić information content (AvgIpc) is 1.60. The molecule has 2 N–H and O–H groups in total. The molecule has 0 aromatic carbocycles. The summed E-state index contributed by atoms with van der Waals surface area (Å²) in [4.78, 5) is 0. The second-order valence-corrected chi connectivity index (χ2v) is 1.62. The van der Waals surface area contributed by atoms with Gasteiger partial charge < -0.3 is 10.0 Å². The fourth-order valence-corrected chi connectivity index (χ4v) is 0.459. The Bertz CT molecular complexity index is 140. The maximum absolute atomic E-state index is 11.6. The van der Waals surface area contributed by atoms with Gasteiger partial charge in [0.2, 0.25) is 0 Å². The zero-order valence-electron chi connectivity index (χ0n) is 5.18. The molecule has 0 fully saturated rings. The molecule has 6 heteroatoms. The van der Waals surface area contributed by atoms with Gasteiger partial charge in [-0.25, -0.2) is 0 Å². The predicted molar refractivity (Wildman–Crippen MR) is 30.0 cm³/mol. The average molecular weight is 154 g/mol. The highest BCUT2D eigenvalue weighted by atomic mass is 19.4. The molecule has 0 aliphatic heterocycles. The van der Waals surface area contributed by atoms with Gasteiger partial charge in [-0.15, -0.1) is 0 Å². The first-order valence-electron chi connectivity index (χ1n) is 2.49. The van der Waals surface area contributed by atoms with Crippen LogP contribution in [0, 0.1) is 0 Å². The molecule has 10 heavy (non-hydrogen) atoms. The van der Waals surface area contributed by atoms with Crippen LogP contribution < -0.4 is 0 Å². The lowest BCUT2D eigenvalue weighted by Crippen LogP contribution is -2.27. The van der Waals surface area contributed by atoms with Gasteiger partial charge in [0, 0.05) is 0 Å². The van der Waals surface area contributed by atoms with Gasteiger partial charge in [-0.2, -0.15) is 13.2 Å². The molecule has 0 saturated carbocycles. The number of alkyl halides is 3. The summed E-state index contributed by atoms with van der Waals surface area (Å²) in [5.41, 5.74) is -1.34. The van der Waals surface area contributed by atoms with Crippen LogP contribution in [0.4, 0.5) is 13.2 Å². The van der Waals surface area contributed by atoms with E-state index in [0.29, 0.717) is 6.08 Å². The van der Waals surface area contributed by atoms with Gasteiger partial charge in [-0.05, 0) is 6.92 Å². The summed E-state index contributed by atoms with van der Waals surface area (Å²) < 4.78 is 34.7. The molecular weight excluding hydrogens is 148 g/mol. The topological polar surface area (TPSA) is 40.5 Å². The van der Waals surface area contributed by atoms with E-state index in [1.54, 1.807) is 0 Å². The lowest BCUT2D eigenvalue weighted by molar-refractivity contribution is -0.0876. The van der Waals surface area contributed by atoms with Crippen LogP contribution in [0.5, 0.6) is 0 Å². The summed E-state index contributed by atoms with van der Waals surface area (Å²) in [6, 6.07) is 0. The first kappa shape index (κ1) is 9.51. The SMILES string of the molecule is C/C=C(\B(O)O)C(F)(F)F. The molecule has 0 spiro atoms. The fourth-order valence-electron chi connectivity index (χ4n) is 0.459. The van der Waals surface area contributed by atoms with Gasteiger partial charge in [0.15, 0.2) is 0 Å². The van der Waals surface area contributed by atoms with Crippen LogP contribution in [0.25, 0.3) is 0 Å². The Kier molecular flexibility index (Phi) is 2.92. The molecule has 0 aromatic heterocycles. The standard InChI is InChI=1S/C4H6BF3O2/c1-2-3(5(9)10)4(6,7)8/h2,9-10H,1H3/b3-2-. The molecule has 58 valence electrons. The van der Waals surface area contributed by atoms with Crippen LogP contribution in [0.15, 0.2) is 11.5 Å². The predicted octanol–water partition coefficient (Wildman–Crippen LogP) is 0.507. The zero-order chi connectivity index (χ0) is 8.36. The molecule has 0 amide bonds. The molecule has 0 saturated heterocycles. The third-order valence-corrected chi connectivity index (χ3v) is 0.917. The van der Waals surface area contributed by atoms with E-state index in [4.69, 9.17) is 10.0 Å². The molecule has 0 aromatic rings. The number of rotatable bonds is 1. The largest absolute Gasteiger partial charge is 0.493 e. The van der Waals surface area contributed by atoms with Crippen LogP contribution in [-0.4, -0.2) is 23.3 Å². The Morgan fingerprint density at radius 2 is 1.80 bits per heavy atom. The summed E-state index contributed by atoms with van der Waals surface area (Å²) >= 11 is 0. The maximum Gasteiger partial charge on any atom is 0.493 e. The Morgan fingerprint density at radius 1 is 1.40 bits per heavy atom. The highest BCUT2D eigenvalue weighted by Crippen LogP contribution is 2.25. The summed E-state index contributed by atoms with van der Waals surface area (Å²) in [5.74, 6) is 0. The molecule has 0 bridgehead atoms. The van der Waals surface area contributed by atoms with Crippen molar-refractivity contribution in [3.05, 3.63) is 11.5 Å². The number of allylic oxidation sites excluding steroid dienone is 2. The Labute approximate surface area is 56.1 Å². The van der Waals surface area contributed by atoms with E-state index in [9.17, 15) is 13.2 Å². The van der Waals surface area contributed by atoms with Gasteiger partial charge in [0.25, 0.3) is 0 Å². The maximum atomic E-state index is 11.6. The van der Waals surface area contributed by atoms with E-state index in [-0.39, 0.29) is 0 Å². The summed E-state index contributed by atoms with van der Waals surface area (Å²) in [6.07, 6.45) is -4.03. The van der Waals surface area contributed by atoms with Crippen molar-refractivity contribution in [1.29, 1.82) is 0 Å². The van der Waals surface area contributed by atoms with Crippen molar-refractivity contribution in [1.82, 2.24) is 0 Å². The van der Waals surface area contributed by atoms with Gasteiger partial charge >= 0.3 is 13.3 Å². The monoisotopic (exact) mass is 154 g/mol. The van der Waals surface area contributed by atoms with Crippen molar-refractivity contribution in [2.24, 2.45) is 0 Å². The zero-order valence-corrected chi connectivity index (χ0v) is 5.18. The lowest BCUT2D eigenvalue weighted by Gasteiger charge is -2.08. The van der Waals surface area contributed by atoms with Crippen molar-refractivity contribution in [3.8, 4) is 0 Å². The van der Waals surface area contributed by atoms with Crippen LogP contribution in [0.3, 0.4) is 0 Å². The molecule has 2 nitrogen and oxygen atoms in total. The van der Waals surface area contributed by atoms with E-state index >= 15 is 0 Å². The van der Waals surface area contributed by atoms with E-state index in [1.165, 1.54) is 0 Å². The first-order chi connectivity index (χ1) is 4.39.